The van der Waals surface area contributed by atoms with Crippen molar-refractivity contribution in [3.05, 3.63) is 53.6 Å². The SMILES string of the molecule is O=C1Nc2cc(C(=O)C3CCCC3)ccc2Nc2ccccc21. The second kappa shape index (κ2) is 5.54. The Labute approximate surface area is 134 Å². The number of hydrogen-bond acceptors (Lipinski definition) is 3. The van der Waals surface area contributed by atoms with Gasteiger partial charge < -0.3 is 10.6 Å². The van der Waals surface area contributed by atoms with Gasteiger partial charge in [-0.2, -0.15) is 0 Å². The fourth-order valence-electron chi connectivity index (χ4n) is 3.46. The van der Waals surface area contributed by atoms with Gasteiger partial charge in [-0.05, 0) is 43.2 Å². The average molecular weight is 306 g/mol. The van der Waals surface area contributed by atoms with Crippen LogP contribution in [0.25, 0.3) is 0 Å². The lowest BCUT2D eigenvalue weighted by Crippen LogP contribution is -2.13. The molecule has 1 aliphatic carbocycles. The van der Waals surface area contributed by atoms with Crippen molar-refractivity contribution in [2.45, 2.75) is 25.7 Å². The molecule has 1 heterocycles. The van der Waals surface area contributed by atoms with Gasteiger partial charge in [0.1, 0.15) is 0 Å². The summed E-state index contributed by atoms with van der Waals surface area (Å²) in [5.74, 6) is 0.179. The lowest BCUT2D eigenvalue weighted by molar-refractivity contribution is 0.0922. The molecule has 1 aliphatic heterocycles. The van der Waals surface area contributed by atoms with Crippen LogP contribution in [0.4, 0.5) is 17.1 Å². The monoisotopic (exact) mass is 306 g/mol. The maximum absolute atomic E-state index is 12.6. The number of benzene rings is 2. The molecule has 2 aliphatic rings. The Bertz CT molecular complexity index is 792. The van der Waals surface area contributed by atoms with Gasteiger partial charge in [-0.25, -0.2) is 0 Å². The van der Waals surface area contributed by atoms with E-state index < -0.39 is 0 Å². The molecule has 2 aromatic carbocycles. The largest absolute Gasteiger partial charge is 0.353 e. The van der Waals surface area contributed by atoms with Crippen molar-refractivity contribution in [1.82, 2.24) is 0 Å². The number of carbonyl (C=O) groups is 2. The highest BCUT2D eigenvalue weighted by Crippen LogP contribution is 2.34. The van der Waals surface area contributed by atoms with Gasteiger partial charge >= 0.3 is 0 Å². The van der Waals surface area contributed by atoms with Gasteiger partial charge in [-0.15, -0.1) is 0 Å². The fraction of sp³-hybridized carbons (Fsp3) is 0.263. The van der Waals surface area contributed by atoms with Crippen LogP contribution in [0.15, 0.2) is 42.5 Å². The van der Waals surface area contributed by atoms with Crippen LogP contribution in [0.3, 0.4) is 0 Å². The van der Waals surface area contributed by atoms with Gasteiger partial charge in [0.2, 0.25) is 0 Å². The molecule has 0 radical (unpaired) electrons. The summed E-state index contributed by atoms with van der Waals surface area (Å²) in [5.41, 5.74) is 3.54. The zero-order chi connectivity index (χ0) is 15.8. The molecule has 4 rings (SSSR count). The zero-order valence-electron chi connectivity index (χ0n) is 12.8. The first-order chi connectivity index (χ1) is 11.2. The van der Waals surface area contributed by atoms with Crippen molar-refractivity contribution in [1.29, 1.82) is 0 Å². The molecular weight excluding hydrogens is 288 g/mol. The quantitative estimate of drug-likeness (QED) is 0.810. The minimum absolute atomic E-state index is 0.139. The van der Waals surface area contributed by atoms with E-state index >= 15 is 0 Å². The molecule has 1 fully saturated rings. The summed E-state index contributed by atoms with van der Waals surface area (Å²) in [4.78, 5) is 25.0. The van der Waals surface area contributed by atoms with Crippen LogP contribution < -0.4 is 10.6 Å². The molecule has 0 saturated heterocycles. The van der Waals surface area contributed by atoms with Gasteiger partial charge in [0.25, 0.3) is 5.91 Å². The van der Waals surface area contributed by atoms with E-state index in [9.17, 15) is 9.59 Å². The Morgan fingerprint density at radius 1 is 0.913 bits per heavy atom. The zero-order valence-corrected chi connectivity index (χ0v) is 12.8. The van der Waals surface area contributed by atoms with Crippen molar-refractivity contribution in [3.8, 4) is 0 Å². The highest BCUT2D eigenvalue weighted by molar-refractivity contribution is 6.13. The van der Waals surface area contributed by atoms with Gasteiger partial charge in [0, 0.05) is 11.5 Å². The molecule has 0 spiro atoms. The third kappa shape index (κ3) is 2.50. The van der Waals surface area contributed by atoms with Crippen LogP contribution in [-0.2, 0) is 0 Å². The van der Waals surface area contributed by atoms with Crippen LogP contribution in [-0.4, -0.2) is 11.7 Å². The summed E-state index contributed by atoms with van der Waals surface area (Å²) in [6.45, 7) is 0. The maximum atomic E-state index is 12.6. The number of amides is 1. The maximum Gasteiger partial charge on any atom is 0.257 e. The first-order valence-electron chi connectivity index (χ1n) is 8.08. The van der Waals surface area contributed by atoms with E-state index in [4.69, 9.17) is 0 Å². The smallest absolute Gasteiger partial charge is 0.257 e. The minimum Gasteiger partial charge on any atom is -0.353 e. The molecule has 0 atom stereocenters. The second-order valence-corrected chi connectivity index (χ2v) is 6.23. The van der Waals surface area contributed by atoms with Crippen molar-refractivity contribution >= 4 is 28.8 Å². The molecule has 23 heavy (non-hydrogen) atoms. The van der Waals surface area contributed by atoms with E-state index in [1.54, 1.807) is 12.1 Å². The lowest BCUT2D eigenvalue weighted by atomic mass is 9.95. The summed E-state index contributed by atoms with van der Waals surface area (Å²) in [6.07, 6.45) is 4.22. The molecule has 2 aromatic rings. The van der Waals surface area contributed by atoms with Crippen LogP contribution in [0.5, 0.6) is 0 Å². The number of Topliss-reactive ketones (excluding diaryl/α,β-unsaturated/α-hetero) is 1. The number of carbonyl (C=O) groups excluding carboxylic acids is 2. The highest BCUT2D eigenvalue weighted by Gasteiger charge is 2.25. The molecule has 0 bridgehead atoms. The predicted octanol–water partition coefficient (Wildman–Crippen LogP) is 4.37. The predicted molar refractivity (Wildman–Crippen MR) is 90.4 cm³/mol. The van der Waals surface area contributed by atoms with Gasteiger partial charge in [0.15, 0.2) is 5.78 Å². The Balaban J connectivity index is 1.69. The van der Waals surface area contributed by atoms with E-state index in [0.29, 0.717) is 16.8 Å². The molecular formula is C19H18N2O2. The molecule has 0 unspecified atom stereocenters. The van der Waals surface area contributed by atoms with Crippen LogP contribution in [0, 0.1) is 5.92 Å². The van der Waals surface area contributed by atoms with E-state index in [1.165, 1.54) is 0 Å². The summed E-state index contributed by atoms with van der Waals surface area (Å²) < 4.78 is 0. The Morgan fingerprint density at radius 2 is 1.70 bits per heavy atom. The summed E-state index contributed by atoms with van der Waals surface area (Å²) in [6, 6.07) is 12.9. The number of para-hydroxylation sites is 1. The first-order valence-corrected chi connectivity index (χ1v) is 8.08. The Hall–Kier alpha value is -2.62. The van der Waals surface area contributed by atoms with E-state index in [-0.39, 0.29) is 17.6 Å². The molecule has 116 valence electrons. The Kier molecular flexibility index (Phi) is 3.37. The van der Waals surface area contributed by atoms with Crippen molar-refractivity contribution in [2.75, 3.05) is 10.6 Å². The fourth-order valence-corrected chi connectivity index (χ4v) is 3.46. The van der Waals surface area contributed by atoms with Gasteiger partial charge in [-0.3, -0.25) is 9.59 Å². The summed E-state index contributed by atoms with van der Waals surface area (Å²) in [7, 11) is 0. The number of nitrogens with one attached hydrogen (secondary N) is 2. The standard InChI is InChI=1S/C19H18N2O2/c22-18(12-5-1-2-6-12)13-9-10-16-17(11-13)21-19(23)14-7-3-4-8-15(14)20-16/h3-4,7-12,20H,1-2,5-6H2,(H,21,23). The third-order valence-electron chi connectivity index (χ3n) is 4.72. The minimum atomic E-state index is -0.155. The Morgan fingerprint density at radius 3 is 2.52 bits per heavy atom. The van der Waals surface area contributed by atoms with E-state index in [2.05, 4.69) is 10.6 Å². The van der Waals surface area contributed by atoms with Gasteiger partial charge in [0.05, 0.1) is 22.6 Å². The summed E-state index contributed by atoms with van der Waals surface area (Å²) >= 11 is 0. The van der Waals surface area contributed by atoms with Gasteiger partial charge in [-0.1, -0.05) is 25.0 Å². The highest BCUT2D eigenvalue weighted by atomic mass is 16.1. The topological polar surface area (TPSA) is 58.2 Å². The second-order valence-electron chi connectivity index (χ2n) is 6.23. The van der Waals surface area contributed by atoms with Crippen molar-refractivity contribution in [3.63, 3.8) is 0 Å². The van der Waals surface area contributed by atoms with E-state index in [0.717, 1.165) is 37.1 Å². The first kappa shape index (κ1) is 14.0. The molecule has 0 aromatic heterocycles. The number of anilines is 3. The third-order valence-corrected chi connectivity index (χ3v) is 4.72. The average Bonchev–Trinajstić information content (AvgIpc) is 3.06. The summed E-state index contributed by atoms with van der Waals surface area (Å²) in [5, 5.41) is 6.19. The number of rotatable bonds is 2. The van der Waals surface area contributed by atoms with Crippen LogP contribution >= 0.6 is 0 Å². The number of hydrogen-bond donors (Lipinski definition) is 2. The molecule has 1 amide bonds. The van der Waals surface area contributed by atoms with E-state index in [1.807, 2.05) is 30.3 Å². The van der Waals surface area contributed by atoms with Crippen molar-refractivity contribution < 1.29 is 9.59 Å². The number of ketones is 1. The molecule has 4 heteroatoms. The van der Waals surface area contributed by atoms with Crippen molar-refractivity contribution in [2.24, 2.45) is 5.92 Å². The lowest BCUT2D eigenvalue weighted by Gasteiger charge is -2.12. The van der Waals surface area contributed by atoms with Crippen LogP contribution in [0.1, 0.15) is 46.4 Å². The molecule has 2 N–H and O–H groups in total. The van der Waals surface area contributed by atoms with Crippen LogP contribution in [0.2, 0.25) is 0 Å². The molecule has 1 saturated carbocycles. The number of fused-ring (bicyclic) bond motifs is 2. The normalized spacial score (nSPS) is 16.8. The molecule has 4 nitrogen and oxygen atoms in total.